The average Bonchev–Trinajstić information content (AvgIpc) is 2.24. The summed E-state index contributed by atoms with van der Waals surface area (Å²) in [7, 11) is 0. The highest BCUT2D eigenvalue weighted by Crippen LogP contribution is 2.43. The third-order valence-corrected chi connectivity index (χ3v) is 4.21. The van der Waals surface area contributed by atoms with Gasteiger partial charge in [0.05, 0.1) is 5.92 Å². The molecule has 1 atom stereocenters. The Hall–Kier alpha value is -0.570. The van der Waals surface area contributed by atoms with E-state index in [0.29, 0.717) is 17.9 Å². The lowest BCUT2D eigenvalue weighted by Gasteiger charge is -2.41. The molecule has 3 nitrogen and oxygen atoms in total. The van der Waals surface area contributed by atoms with Crippen molar-refractivity contribution in [2.24, 2.45) is 23.0 Å². The summed E-state index contributed by atoms with van der Waals surface area (Å²) in [6, 6.07) is 0. The van der Waals surface area contributed by atoms with Crippen LogP contribution in [0.25, 0.3) is 0 Å². The zero-order valence-corrected chi connectivity index (χ0v) is 11.6. The molecule has 17 heavy (non-hydrogen) atoms. The third kappa shape index (κ3) is 3.98. The molecule has 3 heteroatoms. The van der Waals surface area contributed by atoms with Gasteiger partial charge >= 0.3 is 0 Å². The van der Waals surface area contributed by atoms with E-state index in [2.05, 4.69) is 26.1 Å². The second-order valence-electron chi connectivity index (χ2n) is 5.99. The molecule has 1 fully saturated rings. The Morgan fingerprint density at radius 1 is 1.41 bits per heavy atom. The molecule has 1 rings (SSSR count). The fraction of sp³-hybridized carbons (Fsp3) is 0.929. The molecule has 0 aromatic rings. The van der Waals surface area contributed by atoms with E-state index >= 15 is 0 Å². The molecule has 1 aliphatic rings. The molecule has 100 valence electrons. The first kappa shape index (κ1) is 14.5. The van der Waals surface area contributed by atoms with Crippen LogP contribution in [0.1, 0.15) is 52.9 Å². The first-order valence-corrected chi connectivity index (χ1v) is 7.01. The standard InChI is InChI=1S/C14H28N2O/c1-4-14(6-5-7-14)10-16-13(17)12(9-15)8-11(2)3/h11-12H,4-10,15H2,1-3H3,(H,16,17). The predicted molar refractivity (Wildman–Crippen MR) is 71.6 cm³/mol. The molecule has 0 saturated heterocycles. The van der Waals surface area contributed by atoms with Crippen LogP contribution in [0.4, 0.5) is 0 Å². The Morgan fingerprint density at radius 3 is 2.41 bits per heavy atom. The molecule has 0 radical (unpaired) electrons. The van der Waals surface area contributed by atoms with Gasteiger partial charge in [-0.25, -0.2) is 0 Å². The van der Waals surface area contributed by atoms with E-state index in [1.165, 1.54) is 25.7 Å². The molecule has 0 aromatic heterocycles. The van der Waals surface area contributed by atoms with E-state index in [4.69, 9.17) is 5.73 Å². The van der Waals surface area contributed by atoms with Crippen molar-refractivity contribution in [3.05, 3.63) is 0 Å². The van der Waals surface area contributed by atoms with Crippen LogP contribution in [0.3, 0.4) is 0 Å². The fourth-order valence-corrected chi connectivity index (χ4v) is 2.63. The summed E-state index contributed by atoms with van der Waals surface area (Å²) in [4.78, 5) is 12.0. The highest BCUT2D eigenvalue weighted by Gasteiger charge is 2.35. The number of amides is 1. The Labute approximate surface area is 106 Å². The normalized spacial score (nSPS) is 19.8. The number of rotatable bonds is 7. The molecule has 1 saturated carbocycles. The van der Waals surface area contributed by atoms with Gasteiger partial charge in [0.15, 0.2) is 0 Å². The van der Waals surface area contributed by atoms with Gasteiger partial charge in [-0.15, -0.1) is 0 Å². The van der Waals surface area contributed by atoms with Crippen molar-refractivity contribution >= 4 is 5.91 Å². The molecule has 1 amide bonds. The molecule has 1 aliphatic carbocycles. The zero-order chi connectivity index (χ0) is 12.9. The minimum absolute atomic E-state index is 0.0102. The van der Waals surface area contributed by atoms with Crippen molar-refractivity contribution in [1.29, 1.82) is 0 Å². The molecule has 0 aliphatic heterocycles. The van der Waals surface area contributed by atoms with E-state index in [1.54, 1.807) is 0 Å². The number of nitrogens with one attached hydrogen (secondary N) is 1. The van der Waals surface area contributed by atoms with E-state index in [1.807, 2.05) is 0 Å². The van der Waals surface area contributed by atoms with Crippen LogP contribution in [-0.2, 0) is 4.79 Å². The molecular formula is C14H28N2O. The first-order chi connectivity index (χ1) is 8.03. The van der Waals surface area contributed by atoms with Gasteiger partial charge in [0, 0.05) is 13.1 Å². The molecule has 0 aromatic carbocycles. The van der Waals surface area contributed by atoms with Crippen molar-refractivity contribution in [2.45, 2.75) is 52.9 Å². The van der Waals surface area contributed by atoms with Crippen molar-refractivity contribution in [3.63, 3.8) is 0 Å². The molecular weight excluding hydrogens is 212 g/mol. The highest BCUT2D eigenvalue weighted by atomic mass is 16.1. The summed E-state index contributed by atoms with van der Waals surface area (Å²) >= 11 is 0. The lowest BCUT2D eigenvalue weighted by Crippen LogP contribution is -2.45. The van der Waals surface area contributed by atoms with Crippen LogP contribution < -0.4 is 11.1 Å². The largest absolute Gasteiger partial charge is 0.355 e. The van der Waals surface area contributed by atoms with Crippen molar-refractivity contribution in [1.82, 2.24) is 5.32 Å². The number of carbonyl (C=O) groups excluding carboxylic acids is 1. The van der Waals surface area contributed by atoms with Crippen molar-refractivity contribution in [3.8, 4) is 0 Å². The van der Waals surface area contributed by atoms with Crippen LogP contribution in [0.5, 0.6) is 0 Å². The Balaban J connectivity index is 2.36. The van der Waals surface area contributed by atoms with Gasteiger partial charge in [-0.3, -0.25) is 4.79 Å². The van der Waals surface area contributed by atoms with E-state index < -0.39 is 0 Å². The Morgan fingerprint density at radius 2 is 2.06 bits per heavy atom. The van der Waals surface area contributed by atoms with Gasteiger partial charge < -0.3 is 11.1 Å². The number of carbonyl (C=O) groups is 1. The molecule has 0 bridgehead atoms. The van der Waals surface area contributed by atoms with E-state index in [9.17, 15) is 4.79 Å². The Bertz CT molecular complexity index is 241. The minimum Gasteiger partial charge on any atom is -0.355 e. The molecule has 0 heterocycles. The summed E-state index contributed by atoms with van der Waals surface area (Å²) in [6.07, 6.45) is 5.91. The lowest BCUT2D eigenvalue weighted by molar-refractivity contribution is -0.126. The second kappa shape index (κ2) is 6.39. The summed E-state index contributed by atoms with van der Waals surface area (Å²) in [5.41, 5.74) is 6.07. The van der Waals surface area contributed by atoms with Gasteiger partial charge in [0.2, 0.25) is 5.91 Å². The van der Waals surface area contributed by atoms with Crippen LogP contribution in [0.2, 0.25) is 0 Å². The topological polar surface area (TPSA) is 55.1 Å². The maximum Gasteiger partial charge on any atom is 0.224 e. The fourth-order valence-electron chi connectivity index (χ4n) is 2.63. The quantitative estimate of drug-likeness (QED) is 0.717. The van der Waals surface area contributed by atoms with Crippen LogP contribution in [-0.4, -0.2) is 19.0 Å². The molecule has 3 N–H and O–H groups in total. The van der Waals surface area contributed by atoms with Gasteiger partial charge in [0.25, 0.3) is 0 Å². The van der Waals surface area contributed by atoms with E-state index in [0.717, 1.165) is 13.0 Å². The average molecular weight is 240 g/mol. The maximum atomic E-state index is 12.0. The van der Waals surface area contributed by atoms with Crippen molar-refractivity contribution < 1.29 is 4.79 Å². The van der Waals surface area contributed by atoms with Crippen LogP contribution in [0.15, 0.2) is 0 Å². The molecule has 1 unspecified atom stereocenters. The summed E-state index contributed by atoms with van der Waals surface area (Å²) in [5, 5.41) is 3.11. The summed E-state index contributed by atoms with van der Waals surface area (Å²) < 4.78 is 0. The SMILES string of the molecule is CCC1(CNC(=O)C(CN)CC(C)C)CCC1. The van der Waals surface area contributed by atoms with Gasteiger partial charge in [-0.05, 0) is 37.0 Å². The zero-order valence-electron chi connectivity index (χ0n) is 11.6. The first-order valence-electron chi connectivity index (χ1n) is 7.01. The van der Waals surface area contributed by atoms with Crippen molar-refractivity contribution in [2.75, 3.05) is 13.1 Å². The Kier molecular flexibility index (Phi) is 5.44. The van der Waals surface area contributed by atoms with Gasteiger partial charge in [0.1, 0.15) is 0 Å². The second-order valence-corrected chi connectivity index (χ2v) is 5.99. The monoisotopic (exact) mass is 240 g/mol. The third-order valence-electron chi connectivity index (χ3n) is 4.21. The van der Waals surface area contributed by atoms with Gasteiger partial charge in [-0.1, -0.05) is 27.2 Å². The van der Waals surface area contributed by atoms with Crippen LogP contribution >= 0.6 is 0 Å². The number of hydrogen-bond acceptors (Lipinski definition) is 2. The lowest BCUT2D eigenvalue weighted by atomic mass is 9.67. The predicted octanol–water partition coefficient (Wildman–Crippen LogP) is 2.30. The number of hydrogen-bond donors (Lipinski definition) is 2. The minimum atomic E-state index is -0.0102. The maximum absolute atomic E-state index is 12.0. The summed E-state index contributed by atoms with van der Waals surface area (Å²) in [5.74, 6) is 0.669. The van der Waals surface area contributed by atoms with Crippen LogP contribution in [0, 0.1) is 17.3 Å². The molecule has 0 spiro atoms. The highest BCUT2D eigenvalue weighted by molar-refractivity contribution is 5.78. The summed E-state index contributed by atoms with van der Waals surface area (Å²) in [6.45, 7) is 7.80. The van der Waals surface area contributed by atoms with Gasteiger partial charge in [-0.2, -0.15) is 0 Å². The van der Waals surface area contributed by atoms with E-state index in [-0.39, 0.29) is 11.8 Å². The smallest absolute Gasteiger partial charge is 0.224 e. The number of nitrogens with two attached hydrogens (primary N) is 1.